The summed E-state index contributed by atoms with van der Waals surface area (Å²) in [6.45, 7) is 1.64. The number of hydrogen-bond donors (Lipinski definition) is 1. The first-order valence-electron chi connectivity index (χ1n) is 3.20. The van der Waals surface area contributed by atoms with Crippen molar-refractivity contribution in [3.8, 4) is 0 Å². The number of rotatable bonds is 1. The standard InChI is InChI=1S/C8H8BrFO/c1-5-2-7(10)3-6(4-11)8(5)9/h2-3,11H,4H2,1H3. The second kappa shape index (κ2) is 3.32. The average molecular weight is 219 g/mol. The Balaban J connectivity index is 3.24. The van der Waals surface area contributed by atoms with Gasteiger partial charge >= 0.3 is 0 Å². The van der Waals surface area contributed by atoms with Crippen molar-refractivity contribution in [2.45, 2.75) is 13.5 Å². The summed E-state index contributed by atoms with van der Waals surface area (Å²) < 4.78 is 13.4. The fourth-order valence-corrected chi connectivity index (χ4v) is 1.26. The lowest BCUT2D eigenvalue weighted by Gasteiger charge is -2.03. The van der Waals surface area contributed by atoms with Gasteiger partial charge in [0.25, 0.3) is 0 Å². The van der Waals surface area contributed by atoms with Gasteiger partial charge in [0, 0.05) is 4.47 Å². The molecular weight excluding hydrogens is 211 g/mol. The van der Waals surface area contributed by atoms with Gasteiger partial charge in [-0.1, -0.05) is 15.9 Å². The molecule has 0 radical (unpaired) electrons. The SMILES string of the molecule is Cc1cc(F)cc(CO)c1Br. The van der Waals surface area contributed by atoms with Crippen LogP contribution in [0.3, 0.4) is 0 Å². The smallest absolute Gasteiger partial charge is 0.123 e. The van der Waals surface area contributed by atoms with E-state index in [0.29, 0.717) is 5.56 Å². The van der Waals surface area contributed by atoms with Crippen LogP contribution in [0.5, 0.6) is 0 Å². The van der Waals surface area contributed by atoms with E-state index in [1.807, 2.05) is 0 Å². The summed E-state index contributed by atoms with van der Waals surface area (Å²) in [5.41, 5.74) is 1.39. The second-order valence-corrected chi connectivity index (χ2v) is 3.15. The van der Waals surface area contributed by atoms with Crippen molar-refractivity contribution in [3.05, 3.63) is 33.5 Å². The lowest BCUT2D eigenvalue weighted by molar-refractivity contribution is 0.280. The van der Waals surface area contributed by atoms with E-state index in [2.05, 4.69) is 15.9 Å². The fourth-order valence-electron chi connectivity index (χ4n) is 0.910. The van der Waals surface area contributed by atoms with E-state index in [0.717, 1.165) is 10.0 Å². The number of aliphatic hydroxyl groups excluding tert-OH is 1. The molecule has 0 amide bonds. The molecule has 3 heteroatoms. The van der Waals surface area contributed by atoms with Crippen LogP contribution in [-0.4, -0.2) is 5.11 Å². The van der Waals surface area contributed by atoms with Crippen LogP contribution in [0.1, 0.15) is 11.1 Å². The molecule has 0 aliphatic heterocycles. The zero-order valence-corrected chi connectivity index (χ0v) is 7.65. The van der Waals surface area contributed by atoms with Crippen molar-refractivity contribution in [3.63, 3.8) is 0 Å². The number of halogens is 2. The Morgan fingerprint density at radius 3 is 2.73 bits per heavy atom. The summed E-state index contributed by atoms with van der Waals surface area (Å²) in [6, 6.07) is 2.74. The quantitative estimate of drug-likeness (QED) is 0.768. The van der Waals surface area contributed by atoms with Gasteiger partial charge in [-0.15, -0.1) is 0 Å². The molecule has 0 unspecified atom stereocenters. The molecule has 0 heterocycles. The van der Waals surface area contributed by atoms with Crippen LogP contribution in [0, 0.1) is 12.7 Å². The van der Waals surface area contributed by atoms with E-state index in [1.165, 1.54) is 12.1 Å². The minimum Gasteiger partial charge on any atom is -0.392 e. The monoisotopic (exact) mass is 218 g/mol. The Hall–Kier alpha value is -0.410. The number of benzene rings is 1. The van der Waals surface area contributed by atoms with Crippen LogP contribution in [0.4, 0.5) is 4.39 Å². The van der Waals surface area contributed by atoms with Crippen LogP contribution < -0.4 is 0 Å². The molecule has 0 bridgehead atoms. The Bertz CT molecular complexity index is 273. The zero-order valence-electron chi connectivity index (χ0n) is 6.06. The van der Waals surface area contributed by atoms with Gasteiger partial charge in [-0.3, -0.25) is 0 Å². The molecule has 1 aromatic carbocycles. The summed E-state index contributed by atoms with van der Waals surface area (Å²) in [5, 5.41) is 8.77. The van der Waals surface area contributed by atoms with Crippen LogP contribution in [0.15, 0.2) is 16.6 Å². The van der Waals surface area contributed by atoms with Gasteiger partial charge < -0.3 is 5.11 Å². The molecule has 1 N–H and O–H groups in total. The minimum absolute atomic E-state index is 0.140. The largest absolute Gasteiger partial charge is 0.392 e. The van der Waals surface area contributed by atoms with Crippen molar-refractivity contribution in [1.82, 2.24) is 0 Å². The van der Waals surface area contributed by atoms with Crippen LogP contribution in [0.2, 0.25) is 0 Å². The molecule has 0 atom stereocenters. The highest BCUT2D eigenvalue weighted by molar-refractivity contribution is 9.10. The maximum Gasteiger partial charge on any atom is 0.123 e. The number of aliphatic hydroxyl groups is 1. The van der Waals surface area contributed by atoms with Crippen molar-refractivity contribution in [2.24, 2.45) is 0 Å². The van der Waals surface area contributed by atoms with Gasteiger partial charge in [0.15, 0.2) is 0 Å². The molecule has 0 aliphatic carbocycles. The predicted octanol–water partition coefficient (Wildman–Crippen LogP) is 2.39. The molecule has 1 nitrogen and oxygen atoms in total. The maximum absolute atomic E-state index is 12.7. The summed E-state index contributed by atoms with van der Waals surface area (Å²) in [6.07, 6.45) is 0. The molecule has 0 saturated carbocycles. The molecule has 1 aromatic rings. The number of aryl methyl sites for hydroxylation is 1. The predicted molar refractivity (Wildman–Crippen MR) is 44.8 cm³/mol. The van der Waals surface area contributed by atoms with Crippen LogP contribution >= 0.6 is 15.9 Å². The molecule has 0 saturated heterocycles. The second-order valence-electron chi connectivity index (χ2n) is 2.35. The zero-order chi connectivity index (χ0) is 8.43. The van der Waals surface area contributed by atoms with Crippen molar-refractivity contribution >= 4 is 15.9 Å². The highest BCUT2D eigenvalue weighted by atomic mass is 79.9. The third-order valence-corrected chi connectivity index (χ3v) is 2.60. The Morgan fingerprint density at radius 2 is 2.18 bits per heavy atom. The molecule has 0 aromatic heterocycles. The molecule has 60 valence electrons. The highest BCUT2D eigenvalue weighted by Gasteiger charge is 2.03. The minimum atomic E-state index is -0.310. The first-order chi connectivity index (χ1) is 5.15. The Kier molecular flexibility index (Phi) is 2.62. The van der Waals surface area contributed by atoms with Crippen molar-refractivity contribution in [2.75, 3.05) is 0 Å². The summed E-state index contributed by atoms with van der Waals surface area (Å²) in [4.78, 5) is 0. The van der Waals surface area contributed by atoms with Crippen LogP contribution in [-0.2, 0) is 6.61 Å². The van der Waals surface area contributed by atoms with Crippen molar-refractivity contribution < 1.29 is 9.50 Å². The van der Waals surface area contributed by atoms with Gasteiger partial charge in [0.2, 0.25) is 0 Å². The molecular formula is C8H8BrFO. The normalized spacial score (nSPS) is 10.2. The summed E-state index contributed by atoms with van der Waals surface area (Å²) in [7, 11) is 0. The van der Waals surface area contributed by atoms with Crippen LogP contribution in [0.25, 0.3) is 0 Å². The molecule has 1 rings (SSSR count). The van der Waals surface area contributed by atoms with Gasteiger partial charge in [0.05, 0.1) is 6.61 Å². The fraction of sp³-hybridized carbons (Fsp3) is 0.250. The summed E-state index contributed by atoms with van der Waals surface area (Å²) in [5.74, 6) is -0.310. The first-order valence-corrected chi connectivity index (χ1v) is 4.00. The topological polar surface area (TPSA) is 20.2 Å². The third kappa shape index (κ3) is 1.79. The Labute approximate surface area is 73.0 Å². The van der Waals surface area contributed by atoms with Crippen molar-refractivity contribution in [1.29, 1.82) is 0 Å². The lowest BCUT2D eigenvalue weighted by atomic mass is 10.1. The van der Waals surface area contributed by atoms with Gasteiger partial charge in [0.1, 0.15) is 5.82 Å². The molecule has 0 fully saturated rings. The Morgan fingerprint density at radius 1 is 1.55 bits per heavy atom. The van der Waals surface area contributed by atoms with Gasteiger partial charge in [-0.2, -0.15) is 0 Å². The van der Waals surface area contributed by atoms with E-state index in [1.54, 1.807) is 6.92 Å². The molecule has 0 spiro atoms. The van der Waals surface area contributed by atoms with E-state index in [-0.39, 0.29) is 12.4 Å². The highest BCUT2D eigenvalue weighted by Crippen LogP contribution is 2.22. The van der Waals surface area contributed by atoms with Gasteiger partial charge in [-0.25, -0.2) is 4.39 Å². The summed E-state index contributed by atoms with van der Waals surface area (Å²) >= 11 is 3.25. The average Bonchev–Trinajstić information content (AvgIpc) is 1.96. The third-order valence-electron chi connectivity index (χ3n) is 1.46. The van der Waals surface area contributed by atoms with E-state index < -0.39 is 0 Å². The van der Waals surface area contributed by atoms with E-state index in [4.69, 9.17) is 5.11 Å². The maximum atomic E-state index is 12.7. The lowest BCUT2D eigenvalue weighted by Crippen LogP contribution is -1.90. The van der Waals surface area contributed by atoms with E-state index in [9.17, 15) is 4.39 Å². The van der Waals surface area contributed by atoms with Gasteiger partial charge in [-0.05, 0) is 30.2 Å². The number of hydrogen-bond acceptors (Lipinski definition) is 1. The first kappa shape index (κ1) is 8.68. The molecule has 11 heavy (non-hydrogen) atoms. The van der Waals surface area contributed by atoms with E-state index >= 15 is 0 Å². The molecule has 0 aliphatic rings.